The van der Waals surface area contributed by atoms with E-state index in [-0.39, 0.29) is 13.2 Å². The van der Waals surface area contributed by atoms with E-state index >= 15 is 0 Å². The molecule has 2 aromatic carbocycles. The van der Waals surface area contributed by atoms with E-state index in [2.05, 4.69) is 12.1 Å². The first-order valence-corrected chi connectivity index (χ1v) is 19.8. The van der Waals surface area contributed by atoms with Crippen LogP contribution in [0.5, 0.6) is 0 Å². The van der Waals surface area contributed by atoms with Crippen LogP contribution in [0.2, 0.25) is 0 Å². The molecule has 0 aliphatic carbocycles. The molecule has 0 bridgehead atoms. The Hall–Kier alpha value is -2.12. The van der Waals surface area contributed by atoms with Gasteiger partial charge in [-0.1, -0.05) is 0 Å². The van der Waals surface area contributed by atoms with Gasteiger partial charge in [0.2, 0.25) is 0 Å². The molecule has 12 nitrogen and oxygen atoms in total. The molecule has 3 saturated heterocycles. The fourth-order valence-corrected chi connectivity index (χ4v) is 23.5. The molecular weight excluding hydrogens is 654 g/mol. The minimum atomic E-state index is -5.28. The summed E-state index contributed by atoms with van der Waals surface area (Å²) in [6.45, 7) is 15.6. The van der Waals surface area contributed by atoms with E-state index in [9.17, 15) is 10.5 Å². The maximum atomic E-state index is 11.5. The molecule has 5 rings (SSSR count). The topological polar surface area (TPSA) is 128 Å². The summed E-state index contributed by atoms with van der Waals surface area (Å²) in [6.07, 6.45) is 0. The van der Waals surface area contributed by atoms with Crippen molar-refractivity contribution in [1.29, 1.82) is 10.5 Å². The first-order valence-electron chi connectivity index (χ1n) is 16.1. The third-order valence-corrected chi connectivity index (χ3v) is 21.1. The fourth-order valence-electron chi connectivity index (χ4n) is 8.90. The van der Waals surface area contributed by atoms with Crippen LogP contribution in [0.3, 0.4) is 0 Å². The Morgan fingerprint density at radius 3 is 1.10 bits per heavy atom. The molecule has 0 aromatic heterocycles. The Balaban J connectivity index is 2.18. The molecule has 48 heavy (non-hydrogen) atoms. The number of nitriles is 2. The summed E-state index contributed by atoms with van der Waals surface area (Å²) in [7, 11) is -4.70. The van der Waals surface area contributed by atoms with Crippen molar-refractivity contribution in [2.75, 3.05) is 41.7 Å². The summed E-state index contributed by atoms with van der Waals surface area (Å²) >= 11 is 0. The molecule has 3 aliphatic heterocycles. The summed E-state index contributed by atoms with van der Waals surface area (Å²) in [5, 5.41) is 23.0. The summed E-state index contributed by atoms with van der Waals surface area (Å²) in [6, 6.07) is 23.8. The molecule has 264 valence electrons. The van der Waals surface area contributed by atoms with Crippen LogP contribution in [0.15, 0.2) is 60.7 Å². The molecule has 3 aliphatic rings. The number of ether oxygens (including phenoxy) is 2. The van der Waals surface area contributed by atoms with Crippen molar-refractivity contribution < 1.29 is 36.6 Å². The van der Waals surface area contributed by atoms with Crippen molar-refractivity contribution >= 4 is 15.2 Å². The molecule has 4 atom stereocenters. The molecule has 2 aromatic rings. The summed E-state index contributed by atoms with van der Waals surface area (Å²) < 4.78 is 58.6. The molecule has 3 fully saturated rings. The van der Waals surface area contributed by atoms with Crippen LogP contribution >= 0.6 is 15.2 Å². The zero-order valence-corrected chi connectivity index (χ0v) is 31.9. The fraction of sp³-hybridized carbons (Fsp3) is 0.588. The van der Waals surface area contributed by atoms with Crippen molar-refractivity contribution in [2.24, 2.45) is 10.8 Å². The Bertz CT molecular complexity index is 1500. The van der Waals surface area contributed by atoms with Gasteiger partial charge in [-0.3, -0.25) is 0 Å². The van der Waals surface area contributed by atoms with Crippen LogP contribution in [0.1, 0.15) is 66.5 Å². The second-order valence-corrected chi connectivity index (χ2v) is 21.3. The van der Waals surface area contributed by atoms with Gasteiger partial charge in [0.15, 0.2) is 0 Å². The maximum absolute atomic E-state index is 11.5. The van der Waals surface area contributed by atoms with E-state index in [4.69, 9.17) is 36.6 Å². The normalized spacial score (nSPS) is 35.0. The molecule has 0 saturated carbocycles. The molecule has 14 heteroatoms. The number of hydrogen-bond donors (Lipinski definition) is 0. The Morgan fingerprint density at radius 1 is 0.604 bits per heavy atom. The van der Waals surface area contributed by atoms with Crippen LogP contribution in [-0.4, -0.2) is 62.1 Å². The average Bonchev–Trinajstić information content (AvgIpc) is 3.44. The molecule has 0 spiro atoms. The Labute approximate surface area is 285 Å². The predicted molar refractivity (Wildman–Crippen MR) is 183 cm³/mol. The van der Waals surface area contributed by atoms with E-state index in [1.165, 1.54) is 28.4 Å². The monoisotopic (exact) mass is 704 g/mol. The van der Waals surface area contributed by atoms with E-state index in [0.29, 0.717) is 11.1 Å². The van der Waals surface area contributed by atoms with Crippen LogP contribution in [-0.2, 0) is 47.7 Å². The quantitative estimate of drug-likeness (QED) is 0.223. The van der Waals surface area contributed by atoms with Gasteiger partial charge in [0.25, 0.3) is 0 Å². The Morgan fingerprint density at radius 2 is 0.896 bits per heavy atom. The first kappa shape index (κ1) is 37.1. The van der Waals surface area contributed by atoms with Gasteiger partial charge < -0.3 is 0 Å². The molecular formula is C34H50N4O8P2. The zero-order valence-electron chi connectivity index (χ0n) is 30.1. The van der Waals surface area contributed by atoms with Gasteiger partial charge in [-0.25, -0.2) is 0 Å². The van der Waals surface area contributed by atoms with Gasteiger partial charge in [-0.2, -0.15) is 0 Å². The predicted octanol–water partition coefficient (Wildman–Crippen LogP) is 7.90. The summed E-state index contributed by atoms with van der Waals surface area (Å²) in [5.41, 5.74) is -3.88. The molecule has 0 amide bonds. The summed E-state index contributed by atoms with van der Waals surface area (Å²) in [4.78, 5) is 0. The van der Waals surface area contributed by atoms with Gasteiger partial charge in [0.05, 0.1) is 0 Å². The van der Waals surface area contributed by atoms with Crippen molar-refractivity contribution in [3.63, 3.8) is 0 Å². The third kappa shape index (κ3) is 3.59. The van der Waals surface area contributed by atoms with Crippen LogP contribution in [0, 0.1) is 33.5 Å². The van der Waals surface area contributed by atoms with Gasteiger partial charge >= 0.3 is 286 Å². The van der Waals surface area contributed by atoms with E-state index < -0.39 is 48.7 Å². The van der Waals surface area contributed by atoms with Crippen LogP contribution < -0.4 is 0 Å². The Kier molecular flexibility index (Phi) is 8.66. The van der Waals surface area contributed by atoms with Crippen molar-refractivity contribution in [3.8, 4) is 12.1 Å². The third-order valence-electron chi connectivity index (χ3n) is 10.2. The number of hydrogen-bond acceptors (Lipinski definition) is 12. The number of rotatable bonds is 10. The van der Waals surface area contributed by atoms with E-state index in [1.54, 1.807) is 22.7 Å². The van der Waals surface area contributed by atoms with Crippen molar-refractivity contribution in [2.45, 2.75) is 78.0 Å². The number of fused-ring (bicyclic) bond motifs is 4. The van der Waals surface area contributed by atoms with Crippen LogP contribution in [0.25, 0.3) is 0 Å². The standard InChI is InChI=1S/C34H50N4O8P2/c1-13-43-31(25-35)33(29(3,4)5,27-21-17-15-18-22-27)37-47(39-9,40-10,45-31)38-34(30(6,7)8,28-23-19-16-20-24-28)32(26-36,44-14-2)46-48(37,38,41-11)42-12/h15-24H,13-14H2,1-12H3. The van der Waals surface area contributed by atoms with Crippen molar-refractivity contribution in [1.82, 2.24) is 8.88 Å². The van der Waals surface area contributed by atoms with Gasteiger partial charge in [-0.15, -0.1) is 0 Å². The molecule has 3 heterocycles. The van der Waals surface area contributed by atoms with Crippen LogP contribution in [0.4, 0.5) is 0 Å². The van der Waals surface area contributed by atoms with E-state index in [0.717, 1.165) is 0 Å². The second-order valence-electron chi connectivity index (χ2n) is 14.1. The number of nitrogens with zero attached hydrogens (tertiary/aromatic N) is 4. The van der Waals surface area contributed by atoms with Gasteiger partial charge in [-0.05, 0) is 0 Å². The minimum absolute atomic E-state index is 0.0902. The molecule has 0 radical (unpaired) electrons. The zero-order chi connectivity index (χ0) is 35.8. The van der Waals surface area contributed by atoms with Crippen molar-refractivity contribution in [3.05, 3.63) is 71.8 Å². The number of benzene rings is 2. The first-order chi connectivity index (χ1) is 22.5. The second kappa shape index (κ2) is 11.2. The SMILES string of the molecule is CCOC1(C#N)OP2(OC)(OC)N(C1(c1ccccc1)C(C)(C)C)P1(OC)(OC)OC(C#N)(OCC)C(c3ccccc3)(C(C)(C)C)N21. The van der Waals surface area contributed by atoms with Gasteiger partial charge in [0.1, 0.15) is 0 Å². The molecule has 0 N–H and O–H groups in total. The molecule has 4 unspecified atom stereocenters. The summed E-state index contributed by atoms with van der Waals surface area (Å²) in [5.74, 6) is -4.22. The van der Waals surface area contributed by atoms with E-state index in [1.807, 2.05) is 102 Å². The average molecular weight is 705 g/mol. The van der Waals surface area contributed by atoms with Gasteiger partial charge in [0, 0.05) is 0 Å².